The fourth-order valence-corrected chi connectivity index (χ4v) is 5.18. The molecule has 264 valence electrons. The summed E-state index contributed by atoms with van der Waals surface area (Å²) in [6, 6.07) is 0. The second-order valence-corrected chi connectivity index (χ2v) is 11.8. The van der Waals surface area contributed by atoms with Crippen molar-refractivity contribution in [2.24, 2.45) is 0 Å². The average Bonchev–Trinajstić information content (AvgIpc) is 3.47. The zero-order valence-corrected chi connectivity index (χ0v) is 31.1. The van der Waals surface area contributed by atoms with Gasteiger partial charge in [0.15, 0.2) is 0 Å². The van der Waals surface area contributed by atoms with Crippen LogP contribution in [-0.4, -0.2) is 49.4 Å². The molecule has 0 aliphatic heterocycles. The van der Waals surface area contributed by atoms with Crippen LogP contribution in [0.25, 0.3) is 6.08 Å². The van der Waals surface area contributed by atoms with E-state index in [0.717, 1.165) is 63.7 Å². The molecular formula is C39H54Cl2N2O5. The lowest BCUT2D eigenvalue weighted by molar-refractivity contribution is -0.142. The molecule has 1 heterocycles. The van der Waals surface area contributed by atoms with E-state index in [1.165, 1.54) is 25.4 Å². The topological polar surface area (TPSA) is 79.7 Å². The quantitative estimate of drug-likeness (QED) is 0.0656. The predicted octanol–water partition coefficient (Wildman–Crippen LogP) is 10.3. The molecule has 0 radical (unpaired) electrons. The number of methoxy groups -OCH3 is 3. The maximum Gasteiger partial charge on any atom is 0.325 e. The van der Waals surface area contributed by atoms with Crippen LogP contribution in [0.15, 0.2) is 94.2 Å². The summed E-state index contributed by atoms with van der Waals surface area (Å²) in [6.07, 6.45) is 34.5. The number of allylic oxidation sites excluding steroid dienone is 15. The number of rotatable bonds is 18. The average molecular weight is 702 g/mol. The summed E-state index contributed by atoms with van der Waals surface area (Å²) in [5.74, 6) is -0.0475. The Kier molecular flexibility index (Phi) is 23.6. The second kappa shape index (κ2) is 26.6. The van der Waals surface area contributed by atoms with Gasteiger partial charge in [-0.25, -0.2) is 4.98 Å². The molecule has 1 aliphatic rings. The Bertz CT molecular complexity index is 1360. The lowest BCUT2D eigenvalue weighted by Gasteiger charge is -2.11. The van der Waals surface area contributed by atoms with Gasteiger partial charge in [-0.1, -0.05) is 109 Å². The van der Waals surface area contributed by atoms with Gasteiger partial charge in [0.05, 0.1) is 25.8 Å². The van der Waals surface area contributed by atoms with E-state index in [-0.39, 0.29) is 24.4 Å². The Morgan fingerprint density at radius 1 is 1.04 bits per heavy atom. The molecule has 0 fully saturated rings. The predicted molar refractivity (Wildman–Crippen MR) is 200 cm³/mol. The minimum absolute atomic E-state index is 0.0672. The molecule has 1 aromatic rings. The summed E-state index contributed by atoms with van der Waals surface area (Å²) in [5.41, 5.74) is 3.43. The molecule has 1 atom stereocenters. The zero-order chi connectivity index (χ0) is 35.6. The number of imidazole rings is 1. The Labute approximate surface area is 298 Å². The number of esters is 2. The fourth-order valence-electron chi connectivity index (χ4n) is 4.61. The number of ether oxygens (including phenoxy) is 3. The van der Waals surface area contributed by atoms with Gasteiger partial charge < -0.3 is 18.8 Å². The molecule has 7 nitrogen and oxygen atoms in total. The van der Waals surface area contributed by atoms with E-state index in [4.69, 9.17) is 37.7 Å². The van der Waals surface area contributed by atoms with Gasteiger partial charge in [-0.15, -0.1) is 0 Å². The van der Waals surface area contributed by atoms with Gasteiger partial charge in [0.25, 0.3) is 0 Å². The summed E-state index contributed by atoms with van der Waals surface area (Å²) in [7, 11) is 4.44. The SMILES string of the molecule is C/C=C\C=C/C/C(=C/CCC(/C=C/c1nc(C2C=CC/C=C(Cl)\C=C/2Cl)cn1CC(=O)OC)=C\CC)CC.COCCCCC(=O)OC. The van der Waals surface area contributed by atoms with Crippen molar-refractivity contribution in [1.82, 2.24) is 9.55 Å². The number of nitrogens with zero attached hydrogens (tertiary/aromatic N) is 2. The third kappa shape index (κ3) is 18.2. The van der Waals surface area contributed by atoms with E-state index >= 15 is 0 Å². The minimum atomic E-state index is -0.338. The van der Waals surface area contributed by atoms with E-state index in [9.17, 15) is 9.59 Å². The van der Waals surface area contributed by atoms with Crippen molar-refractivity contribution in [3.8, 4) is 0 Å². The second-order valence-electron chi connectivity index (χ2n) is 10.9. The van der Waals surface area contributed by atoms with E-state index < -0.39 is 0 Å². The number of carbonyl (C=O) groups excluding carboxylic acids is 2. The number of aromatic nitrogens is 2. The first kappa shape index (κ1) is 42.6. The minimum Gasteiger partial charge on any atom is -0.469 e. The van der Waals surface area contributed by atoms with Crippen molar-refractivity contribution in [1.29, 1.82) is 0 Å². The lowest BCUT2D eigenvalue weighted by Crippen LogP contribution is -2.12. The van der Waals surface area contributed by atoms with Crippen LogP contribution in [0.2, 0.25) is 0 Å². The number of carbonyl (C=O) groups is 2. The number of unbranched alkanes of at least 4 members (excludes halogenated alkanes) is 1. The third-order valence-electron chi connectivity index (χ3n) is 7.28. The Morgan fingerprint density at radius 3 is 2.48 bits per heavy atom. The molecule has 1 aliphatic carbocycles. The van der Waals surface area contributed by atoms with Crippen molar-refractivity contribution in [2.45, 2.75) is 91.0 Å². The summed E-state index contributed by atoms with van der Waals surface area (Å²) in [5, 5.41) is 1.17. The molecule has 2 rings (SSSR count). The third-order valence-corrected chi connectivity index (χ3v) is 7.89. The van der Waals surface area contributed by atoms with Crippen molar-refractivity contribution in [3.63, 3.8) is 0 Å². The Hall–Kier alpha value is -3.39. The van der Waals surface area contributed by atoms with E-state index in [1.807, 2.05) is 48.1 Å². The van der Waals surface area contributed by atoms with Gasteiger partial charge in [-0.3, -0.25) is 9.59 Å². The molecular weight excluding hydrogens is 647 g/mol. The smallest absolute Gasteiger partial charge is 0.325 e. The molecule has 0 N–H and O–H groups in total. The van der Waals surface area contributed by atoms with Crippen LogP contribution in [-0.2, 0) is 30.3 Å². The molecule has 9 heteroatoms. The van der Waals surface area contributed by atoms with Crippen LogP contribution in [0.5, 0.6) is 0 Å². The number of hydrogen-bond donors (Lipinski definition) is 0. The van der Waals surface area contributed by atoms with Crippen molar-refractivity contribution in [2.75, 3.05) is 27.9 Å². The first-order valence-electron chi connectivity index (χ1n) is 16.6. The monoisotopic (exact) mass is 700 g/mol. The van der Waals surface area contributed by atoms with Gasteiger partial charge in [-0.05, 0) is 70.4 Å². The highest BCUT2D eigenvalue weighted by Gasteiger charge is 2.19. The highest BCUT2D eigenvalue weighted by atomic mass is 35.5. The zero-order valence-electron chi connectivity index (χ0n) is 29.6. The molecule has 1 aromatic heterocycles. The number of hydrogen-bond acceptors (Lipinski definition) is 6. The highest BCUT2D eigenvalue weighted by Crippen LogP contribution is 2.32. The Morgan fingerprint density at radius 2 is 1.81 bits per heavy atom. The van der Waals surface area contributed by atoms with E-state index in [0.29, 0.717) is 22.3 Å². The summed E-state index contributed by atoms with van der Waals surface area (Å²) >= 11 is 12.8. The van der Waals surface area contributed by atoms with Gasteiger partial charge in [-0.2, -0.15) is 0 Å². The van der Waals surface area contributed by atoms with Crippen LogP contribution in [0, 0.1) is 0 Å². The molecule has 0 spiro atoms. The lowest BCUT2D eigenvalue weighted by atomic mass is 10.0. The molecule has 0 bridgehead atoms. The van der Waals surface area contributed by atoms with E-state index in [2.05, 4.69) is 55.0 Å². The summed E-state index contributed by atoms with van der Waals surface area (Å²) in [6.45, 7) is 7.15. The van der Waals surface area contributed by atoms with Crippen molar-refractivity contribution in [3.05, 3.63) is 106 Å². The van der Waals surface area contributed by atoms with Crippen molar-refractivity contribution < 1.29 is 23.8 Å². The van der Waals surface area contributed by atoms with Gasteiger partial charge in [0, 0.05) is 36.4 Å². The molecule has 48 heavy (non-hydrogen) atoms. The standard InChI is InChI=1S/C32H40Cl2N2O2.C7H14O3/c1-5-8-9-10-15-25(7-3)16-13-17-26(14-6-2)20-21-31-35-30(23-36(31)24-32(37)38-4)28-19-12-11-18-27(33)22-29(28)34;1-9-6-4-3-5-7(8)10-2/h5,8-10,12,14,16,18-23,28H,6-7,11,13,15,17,24H2,1-4H3;3-6H2,1-2H3/b8-5-,10-9-,19-12?,21-20+,25-16+,26-14+,27-18+,29-22+;. The van der Waals surface area contributed by atoms with Crippen LogP contribution < -0.4 is 0 Å². The number of halogens is 2. The van der Waals surface area contributed by atoms with Crippen LogP contribution in [0.3, 0.4) is 0 Å². The molecule has 0 saturated heterocycles. The van der Waals surface area contributed by atoms with Gasteiger partial charge in [0.2, 0.25) is 0 Å². The fraction of sp³-hybridized carbons (Fsp3) is 0.462. The largest absolute Gasteiger partial charge is 0.469 e. The van der Waals surface area contributed by atoms with Crippen LogP contribution >= 0.6 is 23.2 Å². The van der Waals surface area contributed by atoms with Crippen molar-refractivity contribution >= 4 is 41.2 Å². The normalized spacial score (nSPS) is 17.8. The maximum absolute atomic E-state index is 12.1. The first-order chi connectivity index (χ1) is 23.2. The maximum atomic E-state index is 12.1. The molecule has 1 unspecified atom stereocenters. The molecule has 0 amide bonds. The summed E-state index contributed by atoms with van der Waals surface area (Å²) in [4.78, 5) is 27.5. The Balaban J connectivity index is 0.000000993. The molecule has 0 saturated carbocycles. The van der Waals surface area contributed by atoms with Gasteiger partial charge >= 0.3 is 11.9 Å². The summed E-state index contributed by atoms with van der Waals surface area (Å²) < 4.78 is 16.0. The highest BCUT2D eigenvalue weighted by molar-refractivity contribution is 6.35. The molecule has 0 aromatic carbocycles. The van der Waals surface area contributed by atoms with E-state index in [1.54, 1.807) is 13.2 Å². The van der Waals surface area contributed by atoms with Crippen LogP contribution in [0.4, 0.5) is 0 Å². The first-order valence-corrected chi connectivity index (χ1v) is 17.4. The van der Waals surface area contributed by atoms with Crippen LogP contribution in [0.1, 0.15) is 96.0 Å². The van der Waals surface area contributed by atoms with Gasteiger partial charge in [0.1, 0.15) is 12.4 Å².